The SMILES string of the molecule is Cc1occc1C(Cl)Cc1cccc(Br)c1. The monoisotopic (exact) mass is 298 g/mol. The predicted octanol–water partition coefficient (Wildman–Crippen LogP) is 4.87. The molecule has 2 aromatic rings. The van der Waals surface area contributed by atoms with Gasteiger partial charge in [0, 0.05) is 10.0 Å². The van der Waals surface area contributed by atoms with Crippen molar-refractivity contribution in [3.8, 4) is 0 Å². The largest absolute Gasteiger partial charge is 0.469 e. The van der Waals surface area contributed by atoms with Gasteiger partial charge in [-0.2, -0.15) is 0 Å². The molecule has 1 aromatic carbocycles. The van der Waals surface area contributed by atoms with Gasteiger partial charge in [0.25, 0.3) is 0 Å². The maximum Gasteiger partial charge on any atom is 0.105 e. The summed E-state index contributed by atoms with van der Waals surface area (Å²) in [4.78, 5) is 0. The lowest BCUT2D eigenvalue weighted by Crippen LogP contribution is -1.96. The second kappa shape index (κ2) is 5.07. The molecule has 0 bridgehead atoms. The van der Waals surface area contributed by atoms with E-state index in [1.54, 1.807) is 6.26 Å². The summed E-state index contributed by atoms with van der Waals surface area (Å²) in [5.41, 5.74) is 2.29. The Hall–Kier alpha value is -0.730. The van der Waals surface area contributed by atoms with Gasteiger partial charge in [-0.1, -0.05) is 28.1 Å². The molecule has 1 unspecified atom stereocenters. The summed E-state index contributed by atoms with van der Waals surface area (Å²) in [5.74, 6) is 0.898. The molecule has 3 heteroatoms. The standard InChI is InChI=1S/C13H12BrClO/c1-9-12(5-6-16-9)13(15)8-10-3-2-4-11(14)7-10/h2-7,13H,8H2,1H3. The van der Waals surface area contributed by atoms with Crippen molar-refractivity contribution < 1.29 is 4.42 Å². The topological polar surface area (TPSA) is 13.1 Å². The van der Waals surface area contributed by atoms with E-state index in [-0.39, 0.29) is 5.38 Å². The van der Waals surface area contributed by atoms with Crippen LogP contribution in [0, 0.1) is 6.92 Å². The van der Waals surface area contributed by atoms with Crippen molar-refractivity contribution in [2.75, 3.05) is 0 Å². The Labute approximate surface area is 109 Å². The summed E-state index contributed by atoms with van der Waals surface area (Å²) < 4.78 is 6.33. The molecule has 0 aliphatic heterocycles. The van der Waals surface area contributed by atoms with Gasteiger partial charge in [0.2, 0.25) is 0 Å². The van der Waals surface area contributed by atoms with Crippen molar-refractivity contribution in [1.82, 2.24) is 0 Å². The van der Waals surface area contributed by atoms with E-state index in [2.05, 4.69) is 28.1 Å². The molecule has 0 radical (unpaired) electrons. The lowest BCUT2D eigenvalue weighted by molar-refractivity contribution is 0.529. The molecule has 16 heavy (non-hydrogen) atoms. The first-order valence-corrected chi connectivity index (χ1v) is 6.32. The Kier molecular flexibility index (Phi) is 3.72. The number of aryl methyl sites for hydroxylation is 1. The number of benzene rings is 1. The molecule has 0 amide bonds. The highest BCUT2D eigenvalue weighted by atomic mass is 79.9. The van der Waals surface area contributed by atoms with Crippen LogP contribution in [0.5, 0.6) is 0 Å². The molecule has 2 rings (SSSR count). The van der Waals surface area contributed by atoms with Crippen molar-refractivity contribution in [1.29, 1.82) is 0 Å². The van der Waals surface area contributed by atoms with E-state index in [1.807, 2.05) is 25.1 Å². The van der Waals surface area contributed by atoms with Crippen molar-refractivity contribution >= 4 is 27.5 Å². The molecular formula is C13H12BrClO. The van der Waals surface area contributed by atoms with E-state index in [9.17, 15) is 0 Å². The van der Waals surface area contributed by atoms with E-state index in [4.69, 9.17) is 16.0 Å². The van der Waals surface area contributed by atoms with E-state index in [0.717, 1.165) is 22.2 Å². The molecule has 0 N–H and O–H groups in total. The molecule has 1 nitrogen and oxygen atoms in total. The molecule has 1 heterocycles. The van der Waals surface area contributed by atoms with Gasteiger partial charge in [-0.15, -0.1) is 11.6 Å². The van der Waals surface area contributed by atoms with Crippen LogP contribution < -0.4 is 0 Å². The number of hydrogen-bond acceptors (Lipinski definition) is 1. The van der Waals surface area contributed by atoms with Gasteiger partial charge >= 0.3 is 0 Å². The minimum Gasteiger partial charge on any atom is -0.469 e. The zero-order chi connectivity index (χ0) is 11.5. The van der Waals surface area contributed by atoms with Gasteiger partial charge in [-0.05, 0) is 37.1 Å². The van der Waals surface area contributed by atoms with Crippen LogP contribution in [0.15, 0.2) is 45.5 Å². The number of hydrogen-bond donors (Lipinski definition) is 0. The van der Waals surface area contributed by atoms with Crippen molar-refractivity contribution in [3.63, 3.8) is 0 Å². The molecule has 0 saturated carbocycles. The quantitative estimate of drug-likeness (QED) is 0.737. The van der Waals surface area contributed by atoms with Crippen LogP contribution >= 0.6 is 27.5 Å². The first kappa shape index (κ1) is 11.7. The molecule has 0 aliphatic rings. The highest BCUT2D eigenvalue weighted by Crippen LogP contribution is 2.28. The Morgan fingerprint density at radius 2 is 2.19 bits per heavy atom. The number of rotatable bonds is 3. The second-order valence-electron chi connectivity index (χ2n) is 3.73. The van der Waals surface area contributed by atoms with Crippen LogP contribution in [0.3, 0.4) is 0 Å². The minimum absolute atomic E-state index is 0.0342. The Bertz CT molecular complexity index is 478. The summed E-state index contributed by atoms with van der Waals surface area (Å²) >= 11 is 9.82. The van der Waals surface area contributed by atoms with Crippen LogP contribution in [0.2, 0.25) is 0 Å². The third-order valence-corrected chi connectivity index (χ3v) is 3.42. The van der Waals surface area contributed by atoms with Crippen LogP contribution in [0.1, 0.15) is 22.3 Å². The van der Waals surface area contributed by atoms with Crippen LogP contribution in [-0.4, -0.2) is 0 Å². The van der Waals surface area contributed by atoms with Gasteiger partial charge in [0.15, 0.2) is 0 Å². The fourth-order valence-corrected chi connectivity index (χ4v) is 2.55. The van der Waals surface area contributed by atoms with Crippen molar-refractivity contribution in [2.24, 2.45) is 0 Å². The van der Waals surface area contributed by atoms with Crippen LogP contribution in [-0.2, 0) is 6.42 Å². The summed E-state index contributed by atoms with van der Waals surface area (Å²) in [7, 11) is 0. The zero-order valence-electron chi connectivity index (χ0n) is 8.91. The van der Waals surface area contributed by atoms with Crippen LogP contribution in [0.4, 0.5) is 0 Å². The summed E-state index contributed by atoms with van der Waals surface area (Å²) in [5, 5.41) is -0.0342. The van der Waals surface area contributed by atoms with Gasteiger partial charge < -0.3 is 4.42 Å². The Morgan fingerprint density at radius 3 is 2.81 bits per heavy atom. The first-order valence-electron chi connectivity index (χ1n) is 5.09. The average Bonchev–Trinajstić information content (AvgIpc) is 2.64. The normalized spacial score (nSPS) is 12.7. The summed E-state index contributed by atoms with van der Waals surface area (Å²) in [6.45, 7) is 1.94. The number of halogens is 2. The molecule has 84 valence electrons. The molecular weight excluding hydrogens is 287 g/mol. The average molecular weight is 300 g/mol. The van der Waals surface area contributed by atoms with Gasteiger partial charge in [-0.25, -0.2) is 0 Å². The van der Waals surface area contributed by atoms with Gasteiger partial charge in [-0.3, -0.25) is 0 Å². The molecule has 1 aromatic heterocycles. The van der Waals surface area contributed by atoms with E-state index in [1.165, 1.54) is 5.56 Å². The van der Waals surface area contributed by atoms with Gasteiger partial charge in [0.05, 0.1) is 11.6 Å². The summed E-state index contributed by atoms with van der Waals surface area (Å²) in [6.07, 6.45) is 2.49. The first-order chi connectivity index (χ1) is 7.66. The smallest absolute Gasteiger partial charge is 0.105 e. The lowest BCUT2D eigenvalue weighted by atomic mass is 10.0. The fourth-order valence-electron chi connectivity index (χ4n) is 1.70. The molecule has 1 atom stereocenters. The highest BCUT2D eigenvalue weighted by molar-refractivity contribution is 9.10. The molecule has 0 spiro atoms. The summed E-state index contributed by atoms with van der Waals surface area (Å²) in [6, 6.07) is 10.1. The maximum atomic E-state index is 6.36. The number of alkyl halides is 1. The van der Waals surface area contributed by atoms with Crippen LogP contribution in [0.25, 0.3) is 0 Å². The van der Waals surface area contributed by atoms with E-state index < -0.39 is 0 Å². The Morgan fingerprint density at radius 1 is 1.38 bits per heavy atom. The number of furan rings is 1. The molecule has 0 aliphatic carbocycles. The third kappa shape index (κ3) is 2.69. The Balaban J connectivity index is 2.14. The zero-order valence-corrected chi connectivity index (χ0v) is 11.3. The van der Waals surface area contributed by atoms with Crippen molar-refractivity contribution in [3.05, 3.63) is 58.0 Å². The van der Waals surface area contributed by atoms with Gasteiger partial charge in [0.1, 0.15) is 5.76 Å². The fraction of sp³-hybridized carbons (Fsp3) is 0.231. The lowest BCUT2D eigenvalue weighted by Gasteiger charge is -2.08. The molecule has 0 saturated heterocycles. The highest BCUT2D eigenvalue weighted by Gasteiger charge is 2.13. The van der Waals surface area contributed by atoms with Crippen molar-refractivity contribution in [2.45, 2.75) is 18.7 Å². The second-order valence-corrected chi connectivity index (χ2v) is 5.18. The predicted molar refractivity (Wildman–Crippen MR) is 69.9 cm³/mol. The van der Waals surface area contributed by atoms with E-state index >= 15 is 0 Å². The minimum atomic E-state index is -0.0342. The molecule has 0 fully saturated rings. The van der Waals surface area contributed by atoms with E-state index in [0.29, 0.717) is 0 Å². The maximum absolute atomic E-state index is 6.36. The third-order valence-electron chi connectivity index (χ3n) is 2.54.